The van der Waals surface area contributed by atoms with E-state index in [-0.39, 0.29) is 5.91 Å². The Morgan fingerprint density at radius 1 is 1.26 bits per heavy atom. The van der Waals surface area contributed by atoms with E-state index in [1.54, 1.807) is 11.3 Å². The van der Waals surface area contributed by atoms with Crippen LogP contribution in [0.2, 0.25) is 0 Å². The molecule has 0 bridgehead atoms. The zero-order valence-electron chi connectivity index (χ0n) is 10.4. The Kier molecular flexibility index (Phi) is 3.71. The fourth-order valence-corrected chi connectivity index (χ4v) is 3.67. The number of likely N-dealkylation sites (tertiary alicyclic amines) is 1. The first-order chi connectivity index (χ1) is 9.22. The molecule has 1 aliphatic rings. The summed E-state index contributed by atoms with van der Waals surface area (Å²) >= 11 is 5.25. The molecule has 1 saturated heterocycles. The van der Waals surface area contributed by atoms with E-state index in [0.29, 0.717) is 17.8 Å². The highest BCUT2D eigenvalue weighted by molar-refractivity contribution is 9.09. The highest BCUT2D eigenvalue weighted by Crippen LogP contribution is 2.26. The molecule has 98 valence electrons. The first-order valence-corrected chi connectivity index (χ1v) is 8.06. The summed E-state index contributed by atoms with van der Waals surface area (Å²) in [6.07, 6.45) is 0.618. The molecular weight excluding hydrogens is 322 g/mol. The zero-order chi connectivity index (χ0) is 13.2. The SMILES string of the molecule is O=C1CC(Br)CN1Cc1ccc(-c2cccs2)cc1. The van der Waals surface area contributed by atoms with E-state index < -0.39 is 0 Å². The third-order valence-corrected chi connectivity index (χ3v) is 4.83. The molecule has 19 heavy (non-hydrogen) atoms. The van der Waals surface area contributed by atoms with Gasteiger partial charge in [-0.25, -0.2) is 0 Å². The molecule has 0 aliphatic carbocycles. The third kappa shape index (κ3) is 2.90. The number of nitrogens with zero attached hydrogens (tertiary/aromatic N) is 1. The molecule has 2 aromatic rings. The summed E-state index contributed by atoms with van der Waals surface area (Å²) < 4.78 is 0. The Morgan fingerprint density at radius 3 is 2.63 bits per heavy atom. The first kappa shape index (κ1) is 12.9. The number of hydrogen-bond acceptors (Lipinski definition) is 2. The minimum Gasteiger partial charge on any atom is -0.337 e. The van der Waals surface area contributed by atoms with Gasteiger partial charge in [-0.15, -0.1) is 11.3 Å². The van der Waals surface area contributed by atoms with Crippen molar-refractivity contribution in [3.8, 4) is 10.4 Å². The second-order valence-corrected chi connectivity index (χ2v) is 6.99. The zero-order valence-corrected chi connectivity index (χ0v) is 12.8. The van der Waals surface area contributed by atoms with Gasteiger partial charge in [-0.1, -0.05) is 46.3 Å². The van der Waals surface area contributed by atoms with Crippen LogP contribution in [-0.2, 0) is 11.3 Å². The van der Waals surface area contributed by atoms with Crippen LogP contribution < -0.4 is 0 Å². The molecule has 1 aromatic carbocycles. The predicted octanol–water partition coefficient (Wildman–Crippen LogP) is 3.91. The van der Waals surface area contributed by atoms with Crippen molar-refractivity contribution >= 4 is 33.2 Å². The lowest BCUT2D eigenvalue weighted by atomic mass is 10.1. The second kappa shape index (κ2) is 5.47. The number of hydrogen-bond donors (Lipinski definition) is 0. The Hall–Kier alpha value is -1.13. The largest absolute Gasteiger partial charge is 0.337 e. The van der Waals surface area contributed by atoms with Crippen LogP contribution in [0.1, 0.15) is 12.0 Å². The van der Waals surface area contributed by atoms with Crippen LogP contribution in [0.5, 0.6) is 0 Å². The van der Waals surface area contributed by atoms with Crippen LogP contribution in [0, 0.1) is 0 Å². The topological polar surface area (TPSA) is 20.3 Å². The average molecular weight is 336 g/mol. The summed E-state index contributed by atoms with van der Waals surface area (Å²) in [5.41, 5.74) is 2.43. The fraction of sp³-hybridized carbons (Fsp3) is 0.267. The molecule has 0 radical (unpaired) electrons. The maximum Gasteiger partial charge on any atom is 0.224 e. The van der Waals surface area contributed by atoms with Crippen molar-refractivity contribution in [2.24, 2.45) is 0 Å². The molecule has 2 nitrogen and oxygen atoms in total. The number of thiophene rings is 1. The number of carbonyl (C=O) groups is 1. The number of amides is 1. The van der Waals surface area contributed by atoms with Crippen molar-refractivity contribution in [3.63, 3.8) is 0 Å². The average Bonchev–Trinajstić information content (AvgIpc) is 3.01. The summed E-state index contributed by atoms with van der Waals surface area (Å²) in [5, 5.41) is 2.09. The standard InChI is InChI=1S/C15H14BrNOS/c16-13-8-15(18)17(10-13)9-11-3-5-12(6-4-11)14-2-1-7-19-14/h1-7,13H,8-10H2. The van der Waals surface area contributed by atoms with Gasteiger partial charge in [-0.05, 0) is 22.6 Å². The van der Waals surface area contributed by atoms with Gasteiger partial charge in [-0.3, -0.25) is 4.79 Å². The summed E-state index contributed by atoms with van der Waals surface area (Å²) in [5.74, 6) is 0.240. The molecule has 1 fully saturated rings. The predicted molar refractivity (Wildman–Crippen MR) is 82.5 cm³/mol. The summed E-state index contributed by atoms with van der Waals surface area (Å²) in [6.45, 7) is 1.52. The van der Waals surface area contributed by atoms with Crippen LogP contribution in [0.25, 0.3) is 10.4 Å². The van der Waals surface area contributed by atoms with E-state index in [4.69, 9.17) is 0 Å². The van der Waals surface area contributed by atoms with Crippen molar-refractivity contribution in [1.29, 1.82) is 0 Å². The molecule has 1 aromatic heterocycles. The van der Waals surface area contributed by atoms with E-state index in [0.717, 1.165) is 6.54 Å². The van der Waals surface area contributed by atoms with Crippen LogP contribution in [-0.4, -0.2) is 22.2 Å². The molecule has 1 amide bonds. The van der Waals surface area contributed by atoms with Gasteiger partial charge in [0.2, 0.25) is 5.91 Å². The number of alkyl halides is 1. The minimum absolute atomic E-state index is 0.240. The van der Waals surface area contributed by atoms with Crippen LogP contribution in [0.4, 0.5) is 0 Å². The van der Waals surface area contributed by atoms with Gasteiger partial charge in [0.15, 0.2) is 0 Å². The lowest BCUT2D eigenvalue weighted by molar-refractivity contribution is -0.128. The number of rotatable bonds is 3. The highest BCUT2D eigenvalue weighted by atomic mass is 79.9. The summed E-state index contributed by atoms with van der Waals surface area (Å²) in [4.78, 5) is 15.2. The van der Waals surface area contributed by atoms with Gasteiger partial charge < -0.3 is 4.90 Å². The molecular formula is C15H14BrNOS. The van der Waals surface area contributed by atoms with Crippen molar-refractivity contribution in [1.82, 2.24) is 4.90 Å². The van der Waals surface area contributed by atoms with Gasteiger partial charge in [0, 0.05) is 29.2 Å². The van der Waals surface area contributed by atoms with Crippen molar-refractivity contribution < 1.29 is 4.79 Å². The minimum atomic E-state index is 0.240. The van der Waals surface area contributed by atoms with E-state index in [1.807, 2.05) is 4.90 Å². The third-order valence-electron chi connectivity index (χ3n) is 3.30. The van der Waals surface area contributed by atoms with E-state index in [1.165, 1.54) is 16.0 Å². The molecule has 0 N–H and O–H groups in total. The maximum atomic E-state index is 11.7. The molecule has 2 heterocycles. The molecule has 0 saturated carbocycles. The van der Waals surface area contributed by atoms with Crippen molar-refractivity contribution in [2.75, 3.05) is 6.54 Å². The van der Waals surface area contributed by atoms with Gasteiger partial charge >= 0.3 is 0 Å². The number of halogens is 1. The Balaban J connectivity index is 1.71. The Labute approximate surface area is 125 Å². The normalized spacial score (nSPS) is 19.1. The number of carbonyl (C=O) groups excluding carboxylic acids is 1. The highest BCUT2D eigenvalue weighted by Gasteiger charge is 2.27. The Morgan fingerprint density at radius 2 is 2.05 bits per heavy atom. The smallest absolute Gasteiger partial charge is 0.224 e. The lowest BCUT2D eigenvalue weighted by Gasteiger charge is -2.15. The molecule has 3 rings (SSSR count). The van der Waals surface area contributed by atoms with Crippen LogP contribution in [0.15, 0.2) is 41.8 Å². The Bertz CT molecular complexity index is 564. The second-order valence-electron chi connectivity index (χ2n) is 4.75. The van der Waals surface area contributed by atoms with E-state index in [2.05, 4.69) is 57.7 Å². The van der Waals surface area contributed by atoms with Crippen molar-refractivity contribution in [3.05, 3.63) is 47.3 Å². The molecule has 4 heteroatoms. The van der Waals surface area contributed by atoms with Crippen molar-refractivity contribution in [2.45, 2.75) is 17.8 Å². The molecule has 1 aliphatic heterocycles. The molecule has 1 unspecified atom stereocenters. The molecule has 1 atom stereocenters. The number of benzene rings is 1. The monoisotopic (exact) mass is 335 g/mol. The van der Waals surface area contributed by atoms with E-state index in [9.17, 15) is 4.79 Å². The lowest BCUT2D eigenvalue weighted by Crippen LogP contribution is -2.24. The molecule has 0 spiro atoms. The van der Waals surface area contributed by atoms with Gasteiger partial charge in [0.05, 0.1) is 0 Å². The first-order valence-electron chi connectivity index (χ1n) is 6.27. The maximum absolute atomic E-state index is 11.7. The fourth-order valence-electron chi connectivity index (χ4n) is 2.31. The van der Waals surface area contributed by atoms with Gasteiger partial charge in [-0.2, -0.15) is 0 Å². The van der Waals surface area contributed by atoms with Gasteiger partial charge in [0.25, 0.3) is 0 Å². The van der Waals surface area contributed by atoms with Crippen LogP contribution >= 0.6 is 27.3 Å². The summed E-state index contributed by atoms with van der Waals surface area (Å²) in [7, 11) is 0. The van der Waals surface area contributed by atoms with Crippen LogP contribution in [0.3, 0.4) is 0 Å². The quantitative estimate of drug-likeness (QED) is 0.778. The van der Waals surface area contributed by atoms with Gasteiger partial charge in [0.1, 0.15) is 0 Å². The van der Waals surface area contributed by atoms with E-state index >= 15 is 0 Å². The summed E-state index contributed by atoms with van der Waals surface area (Å²) in [6, 6.07) is 12.7.